The Balaban J connectivity index is 2.77. The molecular formula is C14H12O11S2-2. The Morgan fingerprint density at radius 1 is 0.704 bits per heavy atom. The maximum absolute atomic E-state index is 11.4. The topological polar surface area (TPSA) is 183 Å². The molecule has 0 aliphatic carbocycles. The lowest BCUT2D eigenvalue weighted by atomic mass is 10.2. The van der Waals surface area contributed by atoms with Gasteiger partial charge in [0.15, 0.2) is 23.0 Å². The number of hydrogen-bond acceptors (Lipinski definition) is 11. The van der Waals surface area contributed by atoms with Crippen molar-refractivity contribution >= 4 is 20.2 Å². The zero-order chi connectivity index (χ0) is 20.6. The zero-order valence-corrected chi connectivity index (χ0v) is 15.3. The number of hydrogen-bond donors (Lipinski definition) is 2. The summed E-state index contributed by atoms with van der Waals surface area (Å²) in [6.45, 7) is 0. The van der Waals surface area contributed by atoms with Crippen molar-refractivity contribution in [2.45, 2.75) is 9.79 Å². The molecular weight excluding hydrogens is 408 g/mol. The number of ether oxygens (including phenoxy) is 3. The van der Waals surface area contributed by atoms with E-state index in [9.17, 15) is 36.2 Å². The van der Waals surface area contributed by atoms with Gasteiger partial charge in [-0.1, -0.05) is 0 Å². The highest BCUT2D eigenvalue weighted by Gasteiger charge is 2.21. The SMILES string of the molecule is COc1cc(Oc2cc(OC)c(O)cc2S(=O)(=O)[O-])c(S(=O)(=O)[O-])cc1O. The van der Waals surface area contributed by atoms with Gasteiger partial charge in [-0.15, -0.1) is 0 Å². The molecule has 0 radical (unpaired) electrons. The van der Waals surface area contributed by atoms with Crippen LogP contribution in [0.4, 0.5) is 0 Å². The van der Waals surface area contributed by atoms with Crippen LogP contribution < -0.4 is 14.2 Å². The lowest BCUT2D eigenvalue weighted by molar-refractivity contribution is 0.358. The minimum atomic E-state index is -5.17. The molecule has 0 bridgehead atoms. The lowest BCUT2D eigenvalue weighted by Gasteiger charge is -2.19. The van der Waals surface area contributed by atoms with E-state index in [1.54, 1.807) is 0 Å². The summed E-state index contributed by atoms with van der Waals surface area (Å²) >= 11 is 0. The molecule has 0 unspecified atom stereocenters. The molecule has 0 spiro atoms. The van der Waals surface area contributed by atoms with Crippen LogP contribution in [0.5, 0.6) is 34.5 Å². The molecule has 2 aromatic rings. The molecule has 2 rings (SSSR count). The maximum Gasteiger partial charge on any atom is 0.164 e. The normalized spacial score (nSPS) is 11.9. The van der Waals surface area contributed by atoms with Crippen LogP contribution in [-0.4, -0.2) is 50.4 Å². The molecule has 148 valence electrons. The second-order valence-electron chi connectivity index (χ2n) is 4.95. The van der Waals surface area contributed by atoms with Gasteiger partial charge in [-0.25, -0.2) is 16.8 Å². The fourth-order valence-electron chi connectivity index (χ4n) is 2.06. The Hall–Kier alpha value is -2.74. The predicted molar refractivity (Wildman–Crippen MR) is 85.3 cm³/mol. The summed E-state index contributed by atoms with van der Waals surface area (Å²) in [5.74, 6) is -3.43. The van der Waals surface area contributed by atoms with Crippen molar-refractivity contribution in [1.82, 2.24) is 0 Å². The van der Waals surface area contributed by atoms with E-state index < -0.39 is 53.0 Å². The van der Waals surface area contributed by atoms with Crippen LogP contribution in [0.25, 0.3) is 0 Å². The molecule has 13 heteroatoms. The Kier molecular flexibility index (Phi) is 5.42. The van der Waals surface area contributed by atoms with Crippen molar-refractivity contribution in [2.24, 2.45) is 0 Å². The molecule has 2 aromatic carbocycles. The number of phenolic OH excluding ortho intramolecular Hbond substituents is 2. The van der Waals surface area contributed by atoms with Crippen LogP contribution in [0, 0.1) is 0 Å². The Morgan fingerprint density at radius 2 is 1.04 bits per heavy atom. The summed E-state index contributed by atoms with van der Waals surface area (Å²) < 4.78 is 83.2. The van der Waals surface area contributed by atoms with Crippen molar-refractivity contribution in [1.29, 1.82) is 0 Å². The summed E-state index contributed by atoms with van der Waals surface area (Å²) in [6.07, 6.45) is 0. The lowest BCUT2D eigenvalue weighted by Crippen LogP contribution is -2.05. The summed E-state index contributed by atoms with van der Waals surface area (Å²) in [5.41, 5.74) is 0. The smallest absolute Gasteiger partial charge is 0.164 e. The van der Waals surface area contributed by atoms with E-state index in [4.69, 9.17) is 14.2 Å². The fourth-order valence-corrected chi connectivity index (χ4v) is 3.26. The van der Waals surface area contributed by atoms with E-state index in [0.717, 1.165) is 26.4 Å². The van der Waals surface area contributed by atoms with Crippen LogP contribution in [0.15, 0.2) is 34.1 Å². The molecule has 2 N–H and O–H groups in total. The first-order chi connectivity index (χ1) is 12.4. The monoisotopic (exact) mass is 420 g/mol. The van der Waals surface area contributed by atoms with Crippen LogP contribution >= 0.6 is 0 Å². The van der Waals surface area contributed by atoms with Crippen LogP contribution in [0.3, 0.4) is 0 Å². The third-order valence-corrected chi connectivity index (χ3v) is 4.96. The molecule has 27 heavy (non-hydrogen) atoms. The number of methoxy groups -OCH3 is 2. The molecule has 0 saturated heterocycles. The average Bonchev–Trinajstić information content (AvgIpc) is 2.55. The zero-order valence-electron chi connectivity index (χ0n) is 13.7. The van der Waals surface area contributed by atoms with Crippen molar-refractivity contribution in [3.8, 4) is 34.5 Å². The van der Waals surface area contributed by atoms with E-state index in [1.807, 2.05) is 0 Å². The predicted octanol–water partition coefficient (Wildman–Crippen LogP) is 0.715. The molecule has 0 atom stereocenters. The Bertz CT molecular complexity index is 1000. The molecule has 0 saturated carbocycles. The molecule has 0 heterocycles. The van der Waals surface area contributed by atoms with Gasteiger partial charge < -0.3 is 33.5 Å². The highest BCUT2D eigenvalue weighted by Crippen LogP contribution is 2.42. The van der Waals surface area contributed by atoms with Crippen LogP contribution in [0.2, 0.25) is 0 Å². The standard InChI is InChI=1S/C14H14O11S2/c1-23-9-5-11(13(3-7(9)15)26(17,18)19)25-12-6-10(24-2)8(16)4-14(12)27(20,21)22/h3-6,15-16H,1-2H3,(H,17,18,19)(H,20,21,22)/p-2. The molecule has 0 amide bonds. The summed E-state index contributed by atoms with van der Waals surface area (Å²) in [4.78, 5) is -2.08. The van der Waals surface area contributed by atoms with E-state index in [1.165, 1.54) is 0 Å². The number of aromatic hydroxyl groups is 2. The molecule has 0 aliphatic heterocycles. The highest BCUT2D eigenvalue weighted by molar-refractivity contribution is 7.86. The van der Waals surface area contributed by atoms with Gasteiger partial charge in [0.2, 0.25) is 0 Å². The van der Waals surface area contributed by atoms with Gasteiger partial charge >= 0.3 is 0 Å². The van der Waals surface area contributed by atoms with Crippen molar-refractivity contribution in [2.75, 3.05) is 14.2 Å². The van der Waals surface area contributed by atoms with Gasteiger partial charge in [0.25, 0.3) is 0 Å². The first-order valence-corrected chi connectivity index (χ1v) is 9.61. The number of phenols is 2. The average molecular weight is 420 g/mol. The van der Waals surface area contributed by atoms with Gasteiger partial charge in [0, 0.05) is 24.3 Å². The molecule has 0 aromatic heterocycles. The van der Waals surface area contributed by atoms with Crippen LogP contribution in [0.1, 0.15) is 0 Å². The summed E-state index contributed by atoms with van der Waals surface area (Å²) in [5, 5.41) is 19.3. The minimum absolute atomic E-state index is 0.297. The molecule has 0 aliphatic rings. The van der Waals surface area contributed by atoms with Crippen molar-refractivity contribution < 1.29 is 50.4 Å². The summed E-state index contributed by atoms with van der Waals surface area (Å²) in [6, 6.07) is 2.69. The Labute approximate surface area is 153 Å². The van der Waals surface area contributed by atoms with Gasteiger partial charge in [0.1, 0.15) is 41.5 Å². The van der Waals surface area contributed by atoms with E-state index in [2.05, 4.69) is 0 Å². The van der Waals surface area contributed by atoms with Gasteiger partial charge in [-0.2, -0.15) is 0 Å². The van der Waals surface area contributed by atoms with Crippen molar-refractivity contribution in [3.05, 3.63) is 24.3 Å². The second-order valence-corrected chi connectivity index (χ2v) is 7.65. The van der Waals surface area contributed by atoms with Gasteiger partial charge in [-0.05, 0) is 0 Å². The highest BCUT2D eigenvalue weighted by atomic mass is 32.2. The second kappa shape index (κ2) is 7.11. The van der Waals surface area contributed by atoms with Crippen molar-refractivity contribution in [3.63, 3.8) is 0 Å². The van der Waals surface area contributed by atoms with Crippen LogP contribution in [-0.2, 0) is 20.2 Å². The largest absolute Gasteiger partial charge is 0.744 e. The third-order valence-electron chi connectivity index (χ3n) is 3.25. The fraction of sp³-hybridized carbons (Fsp3) is 0.143. The number of benzene rings is 2. The first kappa shape index (κ1) is 20.6. The third kappa shape index (κ3) is 4.33. The quantitative estimate of drug-likeness (QED) is 0.628. The Morgan fingerprint density at radius 3 is 1.30 bits per heavy atom. The minimum Gasteiger partial charge on any atom is -0.744 e. The van der Waals surface area contributed by atoms with Gasteiger partial charge in [0.05, 0.1) is 14.2 Å². The number of rotatable bonds is 6. The molecule has 11 nitrogen and oxygen atoms in total. The van der Waals surface area contributed by atoms with E-state index in [0.29, 0.717) is 12.1 Å². The first-order valence-electron chi connectivity index (χ1n) is 6.80. The molecule has 0 fully saturated rings. The van der Waals surface area contributed by atoms with Gasteiger partial charge in [-0.3, -0.25) is 0 Å². The van der Waals surface area contributed by atoms with E-state index in [-0.39, 0.29) is 11.5 Å². The maximum atomic E-state index is 11.4. The summed E-state index contributed by atoms with van der Waals surface area (Å²) in [7, 11) is -8.09. The van der Waals surface area contributed by atoms with E-state index >= 15 is 0 Å².